The fourth-order valence-electron chi connectivity index (χ4n) is 2.72. The largest absolute Gasteiger partial charge is 0.694 e. The van der Waals surface area contributed by atoms with Crippen LogP contribution < -0.4 is 0 Å². The fourth-order valence-corrected chi connectivity index (χ4v) is 3.01. The molecule has 0 aliphatic carbocycles. The first-order valence-corrected chi connectivity index (χ1v) is 13.4. The molecule has 0 saturated carbocycles. The Morgan fingerprint density at radius 2 is 1.25 bits per heavy atom. The van der Waals surface area contributed by atoms with Crippen molar-refractivity contribution in [2.24, 2.45) is 0 Å². The summed E-state index contributed by atoms with van der Waals surface area (Å²) in [6.07, 6.45) is 1.97. The van der Waals surface area contributed by atoms with Gasteiger partial charge in [-0.2, -0.15) is 0 Å². The second kappa shape index (κ2) is 19.2. The maximum Gasteiger partial charge on any atom is 0.694 e. The van der Waals surface area contributed by atoms with Gasteiger partial charge in [-0.1, -0.05) is 93.7 Å². The Morgan fingerprint density at radius 1 is 0.825 bits per heavy atom. The van der Waals surface area contributed by atoms with Crippen molar-refractivity contribution in [3.63, 3.8) is 0 Å². The minimum Gasteiger partial charge on any atom is -0.478 e. The number of hydrogen-bond donors (Lipinski definition) is 2. The first kappa shape index (κ1) is 36.1. The molecular weight excluding hydrogens is 535 g/mol. The Hall–Kier alpha value is -3.91. The number of ether oxygens (including phenoxy) is 2. The SMILES string of the molecule is C=C(C)C(=O)O.C=C(C)C(=O)OC(CO[P+](=O)O)(c1ccccc1)c1ccccc1.C=C(C)C(=O)OCCCC. The molecule has 216 valence electrons. The molecule has 10 heteroatoms. The Labute approximate surface area is 236 Å². The maximum absolute atomic E-state index is 12.2. The summed E-state index contributed by atoms with van der Waals surface area (Å²) < 4.78 is 26.6. The number of carboxylic acid groups (broad SMARTS) is 1. The van der Waals surface area contributed by atoms with Crippen molar-refractivity contribution in [1.82, 2.24) is 0 Å². The summed E-state index contributed by atoms with van der Waals surface area (Å²) in [5.74, 6) is -1.83. The zero-order chi connectivity index (χ0) is 30.7. The highest BCUT2D eigenvalue weighted by molar-refractivity contribution is 7.32. The van der Waals surface area contributed by atoms with Crippen LogP contribution in [0.1, 0.15) is 51.7 Å². The molecule has 0 bridgehead atoms. The lowest BCUT2D eigenvalue weighted by Crippen LogP contribution is -2.38. The van der Waals surface area contributed by atoms with E-state index in [1.54, 1.807) is 55.5 Å². The minimum absolute atomic E-state index is 0.176. The van der Waals surface area contributed by atoms with Gasteiger partial charge in [0.15, 0.2) is 12.2 Å². The van der Waals surface area contributed by atoms with Crippen molar-refractivity contribution in [3.05, 3.63) is 108 Å². The Kier molecular flexibility index (Phi) is 17.3. The first-order valence-electron chi connectivity index (χ1n) is 12.3. The van der Waals surface area contributed by atoms with Crippen molar-refractivity contribution >= 4 is 26.2 Å². The summed E-state index contributed by atoms with van der Waals surface area (Å²) in [7, 11) is -2.85. The molecule has 0 aliphatic heterocycles. The molecule has 1 atom stereocenters. The molecule has 0 saturated heterocycles. The zero-order valence-corrected chi connectivity index (χ0v) is 24.3. The van der Waals surface area contributed by atoms with E-state index in [1.165, 1.54) is 13.8 Å². The first-order chi connectivity index (χ1) is 18.8. The van der Waals surface area contributed by atoms with E-state index in [9.17, 15) is 18.9 Å². The summed E-state index contributed by atoms with van der Waals surface area (Å²) in [5.41, 5.74) is 0.766. The number of carboxylic acids is 1. The normalized spacial score (nSPS) is 10.4. The molecule has 2 aromatic carbocycles. The number of hydrogen-bond acceptors (Lipinski definition) is 7. The van der Waals surface area contributed by atoms with Gasteiger partial charge in [-0.05, 0) is 27.2 Å². The second-order valence-electron chi connectivity index (χ2n) is 8.60. The van der Waals surface area contributed by atoms with Gasteiger partial charge >= 0.3 is 26.2 Å². The number of unbranched alkanes of at least 4 members (excludes halogenated alkanes) is 1. The van der Waals surface area contributed by atoms with Gasteiger partial charge in [0.1, 0.15) is 0 Å². The van der Waals surface area contributed by atoms with Crippen molar-refractivity contribution in [2.75, 3.05) is 13.2 Å². The molecule has 0 radical (unpaired) electrons. The highest BCUT2D eigenvalue weighted by Gasteiger charge is 2.42. The Balaban J connectivity index is 0.000000784. The molecule has 40 heavy (non-hydrogen) atoms. The van der Waals surface area contributed by atoms with E-state index in [4.69, 9.17) is 24.0 Å². The van der Waals surface area contributed by atoms with Crippen molar-refractivity contribution in [1.29, 1.82) is 0 Å². The van der Waals surface area contributed by atoms with Crippen LogP contribution in [0.2, 0.25) is 0 Å². The van der Waals surface area contributed by atoms with Crippen molar-refractivity contribution < 1.29 is 42.9 Å². The number of rotatable bonds is 12. The van der Waals surface area contributed by atoms with E-state index in [-0.39, 0.29) is 23.7 Å². The van der Waals surface area contributed by atoms with Crippen molar-refractivity contribution in [3.8, 4) is 0 Å². The van der Waals surface area contributed by atoms with E-state index < -0.39 is 25.8 Å². The average molecular weight is 574 g/mol. The summed E-state index contributed by atoms with van der Waals surface area (Å²) >= 11 is 0. The summed E-state index contributed by atoms with van der Waals surface area (Å²) in [5, 5.41) is 7.89. The van der Waals surface area contributed by atoms with Gasteiger partial charge in [0.05, 0.1) is 6.61 Å². The smallest absolute Gasteiger partial charge is 0.478 e. The van der Waals surface area contributed by atoms with Crippen LogP contribution in [0.5, 0.6) is 0 Å². The molecule has 2 rings (SSSR count). The third-order valence-corrected chi connectivity index (χ3v) is 5.27. The number of aliphatic carboxylic acids is 1. The molecule has 0 fully saturated rings. The highest BCUT2D eigenvalue weighted by Crippen LogP contribution is 2.37. The monoisotopic (exact) mass is 573 g/mol. The van der Waals surface area contributed by atoms with Crippen LogP contribution in [0.4, 0.5) is 0 Å². The summed E-state index contributed by atoms with van der Waals surface area (Å²) in [6, 6.07) is 17.9. The number of carbonyl (C=O) groups excluding carboxylic acids is 2. The lowest BCUT2D eigenvalue weighted by atomic mass is 9.86. The molecule has 1 unspecified atom stereocenters. The molecular formula is C30H38O9P+. The second-order valence-corrected chi connectivity index (χ2v) is 9.33. The maximum atomic E-state index is 12.2. The molecule has 0 aliphatic rings. The number of esters is 2. The quantitative estimate of drug-likeness (QED) is 0.130. The molecule has 0 heterocycles. The van der Waals surface area contributed by atoms with Gasteiger partial charge in [0, 0.05) is 32.4 Å². The molecule has 2 N–H and O–H groups in total. The van der Waals surface area contributed by atoms with E-state index in [2.05, 4.69) is 26.7 Å². The average Bonchev–Trinajstić information content (AvgIpc) is 2.92. The molecule has 9 nitrogen and oxygen atoms in total. The van der Waals surface area contributed by atoms with E-state index >= 15 is 0 Å². The number of benzene rings is 2. The standard InChI is InChI=1S/C18H17O5P.C8H14O2.C4H6O2/c1-14(2)17(19)23-18(13-22-24(20)21,15-9-5-3-6-10-15)16-11-7-4-8-12-16;1-4-5-6-10-8(9)7(2)3;1-3(2)4(5)6/h3-12H,1,13H2,2H3;2,4-6H2,1,3H3;1H2,2H3,(H,5,6)/p+1. The van der Waals surface area contributed by atoms with Crippen LogP contribution in [0, 0.1) is 0 Å². The van der Waals surface area contributed by atoms with Crippen LogP contribution in [0.3, 0.4) is 0 Å². The number of carbonyl (C=O) groups is 3. The summed E-state index contributed by atoms with van der Waals surface area (Å²) in [4.78, 5) is 41.6. The Morgan fingerprint density at radius 3 is 1.57 bits per heavy atom. The molecule has 2 aromatic rings. The zero-order valence-electron chi connectivity index (χ0n) is 23.4. The predicted octanol–water partition coefficient (Wildman–Crippen LogP) is 6.27. The van der Waals surface area contributed by atoms with Gasteiger partial charge < -0.3 is 14.6 Å². The lowest BCUT2D eigenvalue weighted by Gasteiger charge is -2.32. The van der Waals surface area contributed by atoms with Gasteiger partial charge in [0.2, 0.25) is 0 Å². The predicted molar refractivity (Wildman–Crippen MR) is 153 cm³/mol. The van der Waals surface area contributed by atoms with Crippen LogP contribution in [-0.2, 0) is 38.5 Å². The third-order valence-electron chi connectivity index (χ3n) is 4.92. The molecule has 0 amide bonds. The van der Waals surface area contributed by atoms with Gasteiger partial charge in [-0.3, -0.25) is 0 Å². The third kappa shape index (κ3) is 13.8. The van der Waals surface area contributed by atoms with Crippen LogP contribution in [0.15, 0.2) is 97.1 Å². The lowest BCUT2D eigenvalue weighted by molar-refractivity contribution is -0.154. The van der Waals surface area contributed by atoms with Gasteiger partial charge in [-0.25, -0.2) is 14.4 Å². The van der Waals surface area contributed by atoms with E-state index in [1.807, 2.05) is 12.1 Å². The Bertz CT molecular complexity index is 1110. The summed E-state index contributed by atoms with van der Waals surface area (Å²) in [6.45, 7) is 17.1. The van der Waals surface area contributed by atoms with Gasteiger partial charge in [0.25, 0.3) is 0 Å². The van der Waals surface area contributed by atoms with Crippen molar-refractivity contribution in [2.45, 2.75) is 46.1 Å². The fraction of sp³-hybridized carbons (Fsp3) is 0.300. The van der Waals surface area contributed by atoms with E-state index in [0.717, 1.165) is 12.8 Å². The molecule has 0 aromatic heterocycles. The van der Waals surface area contributed by atoms with Crippen LogP contribution in [0.25, 0.3) is 0 Å². The topological polar surface area (TPSA) is 136 Å². The van der Waals surface area contributed by atoms with Crippen LogP contribution in [-0.4, -0.2) is 41.1 Å². The van der Waals surface area contributed by atoms with Gasteiger partial charge in [-0.15, -0.1) is 9.42 Å². The highest BCUT2D eigenvalue weighted by atomic mass is 31.1. The van der Waals surface area contributed by atoms with E-state index in [0.29, 0.717) is 23.3 Å². The molecule has 0 spiro atoms. The van der Waals surface area contributed by atoms with Crippen LogP contribution >= 0.6 is 8.25 Å². The minimum atomic E-state index is -2.85.